The number of hydrogen-bond donors (Lipinski definition) is 1. The van der Waals surface area contributed by atoms with Gasteiger partial charge in [-0.05, 0) is 23.8 Å². The predicted octanol–water partition coefficient (Wildman–Crippen LogP) is 5.97. The fourth-order valence-corrected chi connectivity index (χ4v) is 3.36. The fourth-order valence-electron chi connectivity index (χ4n) is 3.36. The van der Waals surface area contributed by atoms with Gasteiger partial charge in [0, 0.05) is 29.1 Å². The van der Waals surface area contributed by atoms with Crippen LogP contribution in [0.15, 0.2) is 77.6 Å². The Kier molecular flexibility index (Phi) is 5.56. The van der Waals surface area contributed by atoms with E-state index in [0.29, 0.717) is 16.7 Å². The molecule has 0 fully saturated rings. The standard InChI is InChI=1S/C23H16F4N2O2/c24-12-15-5-1-2-9-18(15)22-19(21(30)16-7-4-10-28-13-16)20(29-31-22)14-6-3-8-17(11-14)23(25,26)27/h1-11,13,21,30H,12H2. The third-order valence-corrected chi connectivity index (χ3v) is 4.87. The lowest BCUT2D eigenvalue weighted by molar-refractivity contribution is -0.137. The van der Waals surface area contributed by atoms with Crippen molar-refractivity contribution in [1.82, 2.24) is 10.1 Å². The van der Waals surface area contributed by atoms with Gasteiger partial charge >= 0.3 is 6.18 Å². The van der Waals surface area contributed by atoms with Crippen LogP contribution in [0.25, 0.3) is 22.6 Å². The summed E-state index contributed by atoms with van der Waals surface area (Å²) in [6.45, 7) is -0.793. The molecule has 8 heteroatoms. The molecule has 1 atom stereocenters. The Balaban J connectivity index is 1.94. The smallest absolute Gasteiger partial charge is 0.383 e. The maximum Gasteiger partial charge on any atom is 0.416 e. The maximum absolute atomic E-state index is 13.6. The molecule has 0 aliphatic heterocycles. The Labute approximate surface area is 174 Å². The molecule has 0 saturated carbocycles. The van der Waals surface area contributed by atoms with Gasteiger partial charge in [-0.3, -0.25) is 4.98 Å². The minimum absolute atomic E-state index is 0.0334. The van der Waals surface area contributed by atoms with Crippen LogP contribution < -0.4 is 0 Å². The van der Waals surface area contributed by atoms with E-state index in [1.165, 1.54) is 24.5 Å². The van der Waals surface area contributed by atoms with Crippen molar-refractivity contribution in [3.8, 4) is 22.6 Å². The summed E-state index contributed by atoms with van der Waals surface area (Å²) in [7, 11) is 0. The summed E-state index contributed by atoms with van der Waals surface area (Å²) in [5.41, 5.74) is 0.459. The van der Waals surface area contributed by atoms with Crippen molar-refractivity contribution in [2.45, 2.75) is 19.0 Å². The summed E-state index contributed by atoms with van der Waals surface area (Å²) in [5.74, 6) is 0.0806. The largest absolute Gasteiger partial charge is 0.416 e. The molecule has 0 aliphatic rings. The molecule has 1 unspecified atom stereocenters. The van der Waals surface area contributed by atoms with Gasteiger partial charge in [0.1, 0.15) is 18.5 Å². The zero-order valence-corrected chi connectivity index (χ0v) is 16.0. The summed E-state index contributed by atoms with van der Waals surface area (Å²) in [4.78, 5) is 3.98. The number of aliphatic hydroxyl groups is 1. The zero-order chi connectivity index (χ0) is 22.0. The Hall–Kier alpha value is -3.52. The van der Waals surface area contributed by atoms with E-state index in [0.717, 1.165) is 12.1 Å². The monoisotopic (exact) mass is 428 g/mol. The molecule has 158 valence electrons. The van der Waals surface area contributed by atoms with Crippen molar-refractivity contribution in [2.75, 3.05) is 0 Å². The second-order valence-corrected chi connectivity index (χ2v) is 6.83. The van der Waals surface area contributed by atoms with Gasteiger partial charge in [-0.2, -0.15) is 13.2 Å². The molecular formula is C23H16F4N2O2. The topological polar surface area (TPSA) is 59.2 Å². The van der Waals surface area contributed by atoms with E-state index in [-0.39, 0.29) is 22.6 Å². The summed E-state index contributed by atoms with van der Waals surface area (Å²) >= 11 is 0. The molecule has 31 heavy (non-hydrogen) atoms. The Morgan fingerprint density at radius 1 is 1.00 bits per heavy atom. The fraction of sp³-hybridized carbons (Fsp3) is 0.130. The molecular weight excluding hydrogens is 412 g/mol. The first kappa shape index (κ1) is 20.7. The average molecular weight is 428 g/mol. The second kappa shape index (κ2) is 8.31. The van der Waals surface area contributed by atoms with Crippen LogP contribution in [0.3, 0.4) is 0 Å². The molecule has 0 bridgehead atoms. The Morgan fingerprint density at radius 3 is 2.52 bits per heavy atom. The lowest BCUT2D eigenvalue weighted by atomic mass is 9.93. The number of hydrogen-bond acceptors (Lipinski definition) is 4. The molecule has 2 heterocycles. The van der Waals surface area contributed by atoms with Crippen LogP contribution in [0.2, 0.25) is 0 Å². The first-order chi connectivity index (χ1) is 14.9. The molecule has 0 amide bonds. The number of nitrogens with zero attached hydrogens (tertiary/aromatic N) is 2. The van der Waals surface area contributed by atoms with Crippen molar-refractivity contribution < 1.29 is 27.2 Å². The number of aliphatic hydroxyl groups excluding tert-OH is 1. The lowest BCUT2D eigenvalue weighted by Crippen LogP contribution is -2.06. The molecule has 2 aromatic heterocycles. The number of aromatic nitrogens is 2. The number of halogens is 4. The Bertz CT molecular complexity index is 1190. The van der Waals surface area contributed by atoms with Gasteiger partial charge in [0.15, 0.2) is 5.76 Å². The van der Waals surface area contributed by atoms with E-state index in [1.54, 1.807) is 36.4 Å². The van der Waals surface area contributed by atoms with Gasteiger partial charge in [0.25, 0.3) is 0 Å². The zero-order valence-electron chi connectivity index (χ0n) is 16.0. The van der Waals surface area contributed by atoms with Crippen molar-refractivity contribution in [3.63, 3.8) is 0 Å². The van der Waals surface area contributed by atoms with E-state index in [4.69, 9.17) is 4.52 Å². The SMILES string of the molecule is OC(c1cccnc1)c1c(-c2cccc(C(F)(F)F)c2)noc1-c1ccccc1CF. The molecule has 0 radical (unpaired) electrons. The highest BCUT2D eigenvalue weighted by Gasteiger charge is 2.32. The summed E-state index contributed by atoms with van der Waals surface area (Å²) in [6.07, 6.45) is -2.91. The highest BCUT2D eigenvalue weighted by molar-refractivity contribution is 5.76. The molecule has 0 spiro atoms. The van der Waals surface area contributed by atoms with Crippen molar-refractivity contribution >= 4 is 0 Å². The van der Waals surface area contributed by atoms with Crippen LogP contribution in [-0.4, -0.2) is 15.2 Å². The van der Waals surface area contributed by atoms with Crippen LogP contribution >= 0.6 is 0 Å². The minimum Gasteiger partial charge on any atom is -0.383 e. The molecule has 4 aromatic rings. The van der Waals surface area contributed by atoms with E-state index in [1.807, 2.05) is 0 Å². The highest BCUT2D eigenvalue weighted by Crippen LogP contribution is 2.41. The number of rotatable bonds is 5. The minimum atomic E-state index is -4.55. The Morgan fingerprint density at radius 2 is 1.81 bits per heavy atom. The van der Waals surface area contributed by atoms with Gasteiger partial charge in [0.05, 0.1) is 11.1 Å². The van der Waals surface area contributed by atoms with Crippen molar-refractivity contribution in [2.24, 2.45) is 0 Å². The van der Waals surface area contributed by atoms with Crippen LogP contribution in [0.1, 0.15) is 28.4 Å². The van der Waals surface area contributed by atoms with E-state index in [2.05, 4.69) is 10.1 Å². The van der Waals surface area contributed by atoms with Crippen molar-refractivity contribution in [3.05, 3.63) is 95.3 Å². The average Bonchev–Trinajstić information content (AvgIpc) is 3.23. The molecule has 4 rings (SSSR count). The van der Waals surface area contributed by atoms with Gasteiger partial charge in [-0.15, -0.1) is 0 Å². The van der Waals surface area contributed by atoms with Gasteiger partial charge in [-0.25, -0.2) is 4.39 Å². The number of benzene rings is 2. The normalized spacial score (nSPS) is 12.7. The van der Waals surface area contributed by atoms with Crippen LogP contribution in [-0.2, 0) is 12.9 Å². The van der Waals surface area contributed by atoms with Crippen LogP contribution in [0, 0.1) is 0 Å². The van der Waals surface area contributed by atoms with Crippen LogP contribution in [0.5, 0.6) is 0 Å². The molecule has 2 aromatic carbocycles. The maximum atomic E-state index is 13.6. The first-order valence-electron chi connectivity index (χ1n) is 9.29. The third-order valence-electron chi connectivity index (χ3n) is 4.87. The molecule has 0 saturated heterocycles. The van der Waals surface area contributed by atoms with Crippen LogP contribution in [0.4, 0.5) is 17.6 Å². The summed E-state index contributed by atoms with van der Waals surface area (Å²) in [5, 5.41) is 15.1. The first-order valence-corrected chi connectivity index (χ1v) is 9.29. The van der Waals surface area contributed by atoms with Gasteiger partial charge in [0.2, 0.25) is 0 Å². The number of pyridine rings is 1. The third kappa shape index (κ3) is 4.06. The van der Waals surface area contributed by atoms with E-state index < -0.39 is 24.5 Å². The van der Waals surface area contributed by atoms with E-state index >= 15 is 0 Å². The summed E-state index contributed by atoms with van der Waals surface area (Å²) in [6, 6.07) is 14.3. The predicted molar refractivity (Wildman–Crippen MR) is 105 cm³/mol. The second-order valence-electron chi connectivity index (χ2n) is 6.83. The summed E-state index contributed by atoms with van der Waals surface area (Å²) < 4.78 is 58.8. The lowest BCUT2D eigenvalue weighted by Gasteiger charge is -2.14. The quantitative estimate of drug-likeness (QED) is 0.398. The molecule has 4 nitrogen and oxygen atoms in total. The van der Waals surface area contributed by atoms with Crippen molar-refractivity contribution in [1.29, 1.82) is 0 Å². The highest BCUT2D eigenvalue weighted by atomic mass is 19.4. The van der Waals surface area contributed by atoms with E-state index in [9.17, 15) is 22.7 Å². The number of alkyl halides is 4. The van der Waals surface area contributed by atoms with Gasteiger partial charge in [-0.1, -0.05) is 47.6 Å². The van der Waals surface area contributed by atoms with Gasteiger partial charge < -0.3 is 9.63 Å². The molecule has 1 N–H and O–H groups in total. The molecule has 0 aliphatic carbocycles.